The van der Waals surface area contributed by atoms with Gasteiger partial charge in [-0.3, -0.25) is 0 Å². The normalized spacial score (nSPS) is 9.91. The first-order valence-electron chi connectivity index (χ1n) is 8.09. The third kappa shape index (κ3) is 31.2. The number of hydrogen-bond acceptors (Lipinski definition) is 6. The van der Waals surface area contributed by atoms with E-state index in [-0.39, 0.29) is 32.7 Å². The number of nitrogens with one attached hydrogen (secondary N) is 2. The molecule has 0 saturated carbocycles. The number of likely N-dealkylation sites (N-methyl/N-ethyl adjacent to an activating group) is 1. The van der Waals surface area contributed by atoms with Gasteiger partial charge in [-0.2, -0.15) is 0 Å². The van der Waals surface area contributed by atoms with Crippen LogP contribution in [0.4, 0.5) is 0 Å². The number of hydrogen-bond donors (Lipinski definition) is 1. The fourth-order valence-electron chi connectivity index (χ4n) is 1.23. The molecule has 0 aromatic heterocycles. The molecule has 0 saturated heterocycles. The molecule has 8 heteroatoms. The van der Waals surface area contributed by atoms with Crippen LogP contribution >= 0.6 is 0 Å². The first-order chi connectivity index (χ1) is 10.9. The molecular formula is C15H35N2O5Y-. The van der Waals surface area contributed by atoms with Gasteiger partial charge in [-0.1, -0.05) is 13.8 Å². The van der Waals surface area contributed by atoms with Crippen LogP contribution in [0, 0.1) is 0 Å². The Morgan fingerprint density at radius 3 is 1.22 bits per heavy atom. The summed E-state index contributed by atoms with van der Waals surface area (Å²) in [6, 6.07) is 0. The van der Waals surface area contributed by atoms with Gasteiger partial charge in [0.25, 0.3) is 0 Å². The van der Waals surface area contributed by atoms with Crippen LogP contribution in [0.5, 0.6) is 0 Å². The summed E-state index contributed by atoms with van der Waals surface area (Å²) < 4.78 is 26.4. The quantitative estimate of drug-likeness (QED) is 0.364. The molecule has 1 radical (unpaired) electrons. The van der Waals surface area contributed by atoms with E-state index in [1.807, 2.05) is 20.9 Å². The van der Waals surface area contributed by atoms with Gasteiger partial charge < -0.3 is 34.7 Å². The molecule has 0 aliphatic rings. The maximum atomic E-state index is 6.88. The minimum absolute atomic E-state index is 0. The third-order valence-corrected chi connectivity index (χ3v) is 2.23. The van der Waals surface area contributed by atoms with E-state index in [0.717, 1.165) is 6.54 Å². The molecule has 7 nitrogen and oxygen atoms in total. The van der Waals surface area contributed by atoms with Gasteiger partial charge in [0.2, 0.25) is 0 Å². The Balaban J connectivity index is -0.00000128. The Hall–Kier alpha value is 0.824. The first kappa shape index (κ1) is 28.6. The summed E-state index contributed by atoms with van der Waals surface area (Å²) in [7, 11) is 1.89. The van der Waals surface area contributed by atoms with Crippen LogP contribution in [0.25, 0.3) is 5.73 Å². The van der Waals surface area contributed by atoms with Crippen LogP contribution in [0.15, 0.2) is 0 Å². The standard InChI is InChI=1S/C13H29N2O5.C2H6.Y/c1-15-3-5-17-7-9-19-11-13-20-12-10-18-8-6-16-4-2-14;1-2;/h14-15H,2-13H2,1H3;1-2H3;/q-1;;. The Kier molecular flexibility index (Phi) is 38.2. The molecule has 0 fully saturated rings. The second kappa shape index (κ2) is 30.7. The van der Waals surface area contributed by atoms with Crippen LogP contribution in [-0.2, 0) is 56.4 Å². The van der Waals surface area contributed by atoms with Crippen molar-refractivity contribution in [2.45, 2.75) is 13.8 Å². The summed E-state index contributed by atoms with van der Waals surface area (Å²) in [6.07, 6.45) is 0. The zero-order chi connectivity index (χ0) is 16.7. The fourth-order valence-corrected chi connectivity index (χ4v) is 1.23. The molecule has 0 aliphatic carbocycles. The summed E-state index contributed by atoms with van der Waals surface area (Å²) in [4.78, 5) is 0. The third-order valence-electron chi connectivity index (χ3n) is 2.23. The number of ether oxygens (including phenoxy) is 5. The molecule has 0 rings (SSSR count). The van der Waals surface area contributed by atoms with Gasteiger partial charge in [-0.05, 0) is 7.05 Å². The molecule has 0 aromatic carbocycles. The van der Waals surface area contributed by atoms with E-state index in [9.17, 15) is 0 Å². The summed E-state index contributed by atoms with van der Waals surface area (Å²) in [5.41, 5.74) is 6.88. The predicted molar refractivity (Wildman–Crippen MR) is 88.6 cm³/mol. The molecule has 0 amide bonds. The largest absolute Gasteiger partial charge is 0.676 e. The van der Waals surface area contributed by atoms with E-state index >= 15 is 0 Å². The maximum Gasteiger partial charge on any atom is 0.0701 e. The molecule has 0 atom stereocenters. The number of rotatable bonds is 17. The first-order valence-corrected chi connectivity index (χ1v) is 8.09. The van der Waals surface area contributed by atoms with Crippen LogP contribution in [0.2, 0.25) is 0 Å². The predicted octanol–water partition coefficient (Wildman–Crippen LogP) is 1.36. The average Bonchev–Trinajstić information content (AvgIpc) is 2.56. The molecule has 0 heterocycles. The van der Waals surface area contributed by atoms with Crippen molar-refractivity contribution in [2.75, 3.05) is 86.2 Å². The van der Waals surface area contributed by atoms with Crippen molar-refractivity contribution in [1.82, 2.24) is 5.32 Å². The van der Waals surface area contributed by atoms with Crippen molar-refractivity contribution in [1.29, 1.82) is 0 Å². The van der Waals surface area contributed by atoms with Gasteiger partial charge in [0, 0.05) is 45.9 Å². The van der Waals surface area contributed by atoms with E-state index in [1.54, 1.807) is 0 Å². The van der Waals surface area contributed by atoms with Gasteiger partial charge >= 0.3 is 0 Å². The molecule has 2 N–H and O–H groups in total. The van der Waals surface area contributed by atoms with Gasteiger partial charge in [0.05, 0.1) is 59.5 Å². The zero-order valence-electron chi connectivity index (χ0n) is 15.1. The van der Waals surface area contributed by atoms with E-state index in [2.05, 4.69) is 5.32 Å². The average molecular weight is 412 g/mol. The molecule has 0 unspecified atom stereocenters. The van der Waals surface area contributed by atoms with Crippen LogP contribution in [0.1, 0.15) is 13.8 Å². The van der Waals surface area contributed by atoms with Crippen LogP contribution < -0.4 is 5.32 Å². The van der Waals surface area contributed by atoms with E-state index < -0.39 is 0 Å². The summed E-state index contributed by atoms with van der Waals surface area (Å²) in [5.74, 6) is 0. The second-order valence-corrected chi connectivity index (χ2v) is 3.92. The van der Waals surface area contributed by atoms with E-state index in [4.69, 9.17) is 29.4 Å². The Bertz CT molecular complexity index is 164. The van der Waals surface area contributed by atoms with Gasteiger partial charge in [0.15, 0.2) is 0 Å². The minimum Gasteiger partial charge on any atom is -0.676 e. The Morgan fingerprint density at radius 1 is 0.609 bits per heavy atom. The fraction of sp³-hybridized carbons (Fsp3) is 1.00. The molecule has 0 aliphatic heterocycles. The van der Waals surface area contributed by atoms with Crippen molar-refractivity contribution in [3.8, 4) is 0 Å². The monoisotopic (exact) mass is 412 g/mol. The van der Waals surface area contributed by atoms with E-state index in [1.165, 1.54) is 0 Å². The van der Waals surface area contributed by atoms with Crippen LogP contribution in [0.3, 0.4) is 0 Å². The molecule has 0 bridgehead atoms. The Morgan fingerprint density at radius 2 is 0.913 bits per heavy atom. The zero-order valence-corrected chi connectivity index (χ0v) is 17.9. The van der Waals surface area contributed by atoms with Crippen molar-refractivity contribution < 1.29 is 56.4 Å². The van der Waals surface area contributed by atoms with E-state index in [0.29, 0.717) is 72.6 Å². The van der Waals surface area contributed by atoms with Crippen molar-refractivity contribution >= 4 is 0 Å². The van der Waals surface area contributed by atoms with Crippen molar-refractivity contribution in [3.05, 3.63) is 5.73 Å². The smallest absolute Gasteiger partial charge is 0.0701 e. The molecule has 0 spiro atoms. The topological polar surface area (TPSA) is 82.0 Å². The molecular weight excluding hydrogens is 377 g/mol. The molecule has 139 valence electrons. The van der Waals surface area contributed by atoms with Gasteiger partial charge in [-0.25, -0.2) is 0 Å². The molecule has 23 heavy (non-hydrogen) atoms. The summed E-state index contributed by atoms with van der Waals surface area (Å²) >= 11 is 0. The van der Waals surface area contributed by atoms with Crippen molar-refractivity contribution in [2.24, 2.45) is 0 Å². The summed E-state index contributed by atoms with van der Waals surface area (Å²) in [5, 5.41) is 3.00. The molecule has 0 aromatic rings. The maximum absolute atomic E-state index is 6.88. The van der Waals surface area contributed by atoms with Gasteiger partial charge in [-0.15, -0.1) is 6.54 Å². The Labute approximate surface area is 167 Å². The SMILES string of the molecule is CC.CNCCOCCOCCOCCOCCOCC[NH-].[Y]. The van der Waals surface area contributed by atoms with Crippen LogP contribution in [-0.4, -0.2) is 86.2 Å². The minimum atomic E-state index is 0. The van der Waals surface area contributed by atoms with Crippen molar-refractivity contribution in [3.63, 3.8) is 0 Å². The summed E-state index contributed by atoms with van der Waals surface area (Å²) in [6.45, 7) is 10.9. The second-order valence-electron chi connectivity index (χ2n) is 3.92. The van der Waals surface area contributed by atoms with Gasteiger partial charge in [0.1, 0.15) is 0 Å².